The first-order valence-corrected chi connectivity index (χ1v) is 7.27. The number of hydrogen-bond acceptors (Lipinski definition) is 2. The topological polar surface area (TPSA) is 49.0 Å². The minimum Gasteiger partial charge on any atom is -0.348 e. The van der Waals surface area contributed by atoms with Gasteiger partial charge in [-0.3, -0.25) is 4.79 Å². The number of H-pyrrole nitrogens is 1. The molecule has 21 heavy (non-hydrogen) atoms. The van der Waals surface area contributed by atoms with Gasteiger partial charge in [-0.1, -0.05) is 17.7 Å². The van der Waals surface area contributed by atoms with E-state index in [-0.39, 0.29) is 16.5 Å². The van der Waals surface area contributed by atoms with Crippen LogP contribution in [0.5, 0.6) is 0 Å². The normalized spacial score (nSPS) is 16.2. The highest BCUT2D eigenvalue weighted by Gasteiger charge is 2.28. The Hall–Kier alpha value is -1.88. The second-order valence-electron chi connectivity index (χ2n) is 5.14. The summed E-state index contributed by atoms with van der Waals surface area (Å²) >= 11 is 5.95. The molecule has 1 fully saturated rings. The highest BCUT2D eigenvalue weighted by molar-refractivity contribution is 6.33. The number of amides is 1. The molecule has 4 nitrogen and oxygen atoms in total. The van der Waals surface area contributed by atoms with Gasteiger partial charge in [-0.05, 0) is 25.0 Å². The van der Waals surface area contributed by atoms with E-state index in [1.165, 1.54) is 18.2 Å². The van der Waals surface area contributed by atoms with Gasteiger partial charge in [-0.25, -0.2) is 9.37 Å². The Balaban J connectivity index is 1.71. The van der Waals surface area contributed by atoms with E-state index in [0.717, 1.165) is 18.7 Å². The summed E-state index contributed by atoms with van der Waals surface area (Å²) < 4.78 is 13.8. The number of carbonyl (C=O) groups excluding carboxylic acids is 1. The molecule has 2 heterocycles. The third-order valence-electron chi connectivity index (χ3n) is 3.86. The maximum Gasteiger partial charge on any atom is 0.258 e. The lowest BCUT2D eigenvalue weighted by Crippen LogP contribution is -2.38. The molecule has 1 aliphatic heterocycles. The predicted molar refractivity (Wildman–Crippen MR) is 77.9 cm³/mol. The maximum atomic E-state index is 13.8. The van der Waals surface area contributed by atoms with Gasteiger partial charge in [0.1, 0.15) is 11.6 Å². The van der Waals surface area contributed by atoms with Crippen molar-refractivity contribution in [3.63, 3.8) is 0 Å². The molecule has 1 aromatic heterocycles. The van der Waals surface area contributed by atoms with Crippen molar-refractivity contribution in [2.75, 3.05) is 13.1 Å². The maximum absolute atomic E-state index is 13.8. The number of piperidine rings is 1. The fourth-order valence-corrected chi connectivity index (χ4v) is 2.96. The molecule has 0 unspecified atom stereocenters. The number of benzene rings is 1. The van der Waals surface area contributed by atoms with Crippen molar-refractivity contribution in [1.82, 2.24) is 14.9 Å². The summed E-state index contributed by atoms with van der Waals surface area (Å²) in [5, 5.41) is 0.160. The summed E-state index contributed by atoms with van der Waals surface area (Å²) in [6.07, 6.45) is 5.15. The molecule has 0 saturated carbocycles. The lowest BCUT2D eigenvalue weighted by atomic mass is 9.95. The molecule has 1 amide bonds. The third-order valence-corrected chi connectivity index (χ3v) is 4.18. The molecule has 0 radical (unpaired) electrons. The summed E-state index contributed by atoms with van der Waals surface area (Å²) in [5.41, 5.74) is -0.0318. The summed E-state index contributed by atoms with van der Waals surface area (Å²) in [7, 11) is 0. The minimum atomic E-state index is -0.569. The third kappa shape index (κ3) is 2.78. The molecule has 110 valence electrons. The zero-order valence-corrected chi connectivity index (χ0v) is 12.1. The number of carbonyl (C=O) groups is 1. The number of rotatable bonds is 2. The Bertz CT molecular complexity index is 616. The van der Waals surface area contributed by atoms with Crippen molar-refractivity contribution in [2.45, 2.75) is 18.8 Å². The Morgan fingerprint density at radius 2 is 2.14 bits per heavy atom. The fourth-order valence-electron chi connectivity index (χ4n) is 2.72. The van der Waals surface area contributed by atoms with Gasteiger partial charge in [0.2, 0.25) is 0 Å². The number of nitrogens with one attached hydrogen (secondary N) is 1. The van der Waals surface area contributed by atoms with Crippen molar-refractivity contribution >= 4 is 17.5 Å². The quantitative estimate of drug-likeness (QED) is 0.926. The molecule has 1 saturated heterocycles. The standard InChI is InChI=1S/C15H15ClFN3O/c16-11-2-1-3-12(17)13(11)15(21)20-8-4-10(5-9-20)14-18-6-7-19-14/h1-3,6-7,10H,4-5,8-9H2,(H,18,19). The first-order valence-electron chi connectivity index (χ1n) is 6.89. The van der Waals surface area contributed by atoms with E-state index in [2.05, 4.69) is 9.97 Å². The SMILES string of the molecule is O=C(c1c(F)cccc1Cl)N1CCC(c2ncc[nH]2)CC1. The number of hydrogen-bond donors (Lipinski definition) is 1. The molecule has 1 aliphatic rings. The van der Waals surface area contributed by atoms with E-state index in [1.54, 1.807) is 17.3 Å². The van der Waals surface area contributed by atoms with Crippen LogP contribution in [0.25, 0.3) is 0 Å². The minimum absolute atomic E-state index is 0.0318. The lowest BCUT2D eigenvalue weighted by Gasteiger charge is -2.31. The fraction of sp³-hybridized carbons (Fsp3) is 0.333. The van der Waals surface area contributed by atoms with Gasteiger partial charge in [-0.2, -0.15) is 0 Å². The van der Waals surface area contributed by atoms with Gasteiger partial charge >= 0.3 is 0 Å². The predicted octanol–water partition coefficient (Wildman–Crippen LogP) is 3.22. The molecule has 0 spiro atoms. The van der Waals surface area contributed by atoms with Crippen LogP contribution >= 0.6 is 11.6 Å². The van der Waals surface area contributed by atoms with E-state index in [9.17, 15) is 9.18 Å². The van der Waals surface area contributed by atoms with Crippen LogP contribution in [0.1, 0.15) is 34.9 Å². The molecular formula is C15H15ClFN3O. The zero-order chi connectivity index (χ0) is 14.8. The molecule has 1 N–H and O–H groups in total. The van der Waals surface area contributed by atoms with Crippen LogP contribution in [0.15, 0.2) is 30.6 Å². The molecule has 1 aromatic carbocycles. The van der Waals surface area contributed by atoms with E-state index >= 15 is 0 Å². The van der Waals surface area contributed by atoms with Gasteiger partial charge in [0.15, 0.2) is 0 Å². The van der Waals surface area contributed by atoms with E-state index < -0.39 is 5.82 Å². The molecule has 2 aromatic rings. The van der Waals surface area contributed by atoms with Crippen LogP contribution in [-0.2, 0) is 0 Å². The molecular weight excluding hydrogens is 293 g/mol. The molecule has 0 aliphatic carbocycles. The van der Waals surface area contributed by atoms with Gasteiger partial charge in [-0.15, -0.1) is 0 Å². The average Bonchev–Trinajstić information content (AvgIpc) is 3.01. The Morgan fingerprint density at radius 3 is 2.76 bits per heavy atom. The number of likely N-dealkylation sites (tertiary alicyclic amines) is 1. The number of nitrogens with zero attached hydrogens (tertiary/aromatic N) is 2. The van der Waals surface area contributed by atoms with Crippen LogP contribution in [-0.4, -0.2) is 33.9 Å². The number of aromatic amines is 1. The molecule has 6 heteroatoms. The lowest BCUT2D eigenvalue weighted by molar-refractivity contribution is 0.0706. The second-order valence-corrected chi connectivity index (χ2v) is 5.54. The van der Waals surface area contributed by atoms with E-state index in [1.807, 2.05) is 0 Å². The monoisotopic (exact) mass is 307 g/mol. The molecule has 3 rings (SSSR count). The summed E-state index contributed by atoms with van der Waals surface area (Å²) in [5.74, 6) is 0.364. The van der Waals surface area contributed by atoms with Gasteiger partial charge in [0.25, 0.3) is 5.91 Å². The van der Waals surface area contributed by atoms with Crippen LogP contribution in [0, 0.1) is 5.82 Å². The van der Waals surface area contributed by atoms with Crippen molar-refractivity contribution in [3.05, 3.63) is 52.8 Å². The van der Waals surface area contributed by atoms with Gasteiger partial charge in [0, 0.05) is 31.4 Å². The van der Waals surface area contributed by atoms with Crippen molar-refractivity contribution < 1.29 is 9.18 Å². The van der Waals surface area contributed by atoms with Crippen molar-refractivity contribution in [3.8, 4) is 0 Å². The first-order chi connectivity index (χ1) is 10.2. The first kappa shape index (κ1) is 14.1. The summed E-state index contributed by atoms with van der Waals surface area (Å²) in [6, 6.07) is 4.29. The van der Waals surface area contributed by atoms with Crippen LogP contribution < -0.4 is 0 Å². The number of imidazole rings is 1. The number of aromatic nitrogens is 2. The van der Waals surface area contributed by atoms with Gasteiger partial charge < -0.3 is 9.88 Å². The second kappa shape index (κ2) is 5.85. The highest BCUT2D eigenvalue weighted by Crippen LogP contribution is 2.28. The largest absolute Gasteiger partial charge is 0.348 e. The summed E-state index contributed by atoms with van der Waals surface area (Å²) in [6.45, 7) is 1.16. The highest BCUT2D eigenvalue weighted by atomic mass is 35.5. The van der Waals surface area contributed by atoms with Crippen LogP contribution in [0.3, 0.4) is 0 Å². The molecule has 0 bridgehead atoms. The Morgan fingerprint density at radius 1 is 1.38 bits per heavy atom. The van der Waals surface area contributed by atoms with E-state index in [0.29, 0.717) is 19.0 Å². The van der Waals surface area contributed by atoms with E-state index in [4.69, 9.17) is 11.6 Å². The van der Waals surface area contributed by atoms with Crippen molar-refractivity contribution in [1.29, 1.82) is 0 Å². The zero-order valence-electron chi connectivity index (χ0n) is 11.4. The Labute approximate surface area is 126 Å². The molecule has 0 atom stereocenters. The van der Waals surface area contributed by atoms with Crippen molar-refractivity contribution in [2.24, 2.45) is 0 Å². The average molecular weight is 308 g/mol. The van der Waals surface area contributed by atoms with Crippen LogP contribution in [0.2, 0.25) is 5.02 Å². The number of halogens is 2. The van der Waals surface area contributed by atoms with Gasteiger partial charge in [0.05, 0.1) is 10.6 Å². The smallest absolute Gasteiger partial charge is 0.258 e. The van der Waals surface area contributed by atoms with Crippen LogP contribution in [0.4, 0.5) is 4.39 Å². The Kier molecular flexibility index (Phi) is 3.92. The summed E-state index contributed by atoms with van der Waals surface area (Å²) in [4.78, 5) is 21.4.